The third-order valence-corrected chi connectivity index (χ3v) is 11.3. The Morgan fingerprint density at radius 3 is 2.26 bits per heavy atom. The highest BCUT2D eigenvalue weighted by atomic mass is 32.1. The monoisotopic (exact) mass is 529 g/mol. The number of hydrogen-bond donors (Lipinski definition) is 0. The molecule has 0 radical (unpaired) electrons. The van der Waals surface area contributed by atoms with Gasteiger partial charge >= 0.3 is 0 Å². The van der Waals surface area contributed by atoms with Crippen LogP contribution in [0, 0.1) is 11.8 Å². The van der Waals surface area contributed by atoms with E-state index in [1.54, 1.807) is 6.08 Å². The van der Waals surface area contributed by atoms with E-state index in [0.717, 1.165) is 0 Å². The number of allylic oxidation sites excluding steroid dienone is 5. The molecule has 2 bridgehead atoms. The van der Waals surface area contributed by atoms with Crippen LogP contribution in [0.15, 0.2) is 103 Å². The fraction of sp³-hybridized carbons (Fsp3) is 0.152. The quantitative estimate of drug-likeness (QED) is 0.174. The van der Waals surface area contributed by atoms with Crippen molar-refractivity contribution in [2.75, 3.05) is 4.90 Å². The predicted molar refractivity (Wildman–Crippen MR) is 158 cm³/mol. The van der Waals surface area contributed by atoms with E-state index >= 15 is 0 Å². The van der Waals surface area contributed by atoms with Gasteiger partial charge in [-0.1, -0.05) is 72.8 Å². The van der Waals surface area contributed by atoms with Crippen molar-refractivity contribution in [3.05, 3.63) is 113 Å². The molecule has 2 aromatic heterocycles. The van der Waals surface area contributed by atoms with Gasteiger partial charge in [-0.2, -0.15) is 0 Å². The highest BCUT2D eigenvalue weighted by Gasteiger charge is 2.62. The molecule has 184 valence electrons. The Labute approximate surface area is 228 Å². The van der Waals surface area contributed by atoms with Crippen LogP contribution in [0.3, 0.4) is 0 Å². The van der Waals surface area contributed by atoms with Crippen LogP contribution in [0.25, 0.3) is 30.3 Å². The molecule has 2 amide bonds. The molecule has 0 N–H and O–H groups in total. The van der Waals surface area contributed by atoms with Gasteiger partial charge in [-0.05, 0) is 53.1 Å². The van der Waals surface area contributed by atoms with Gasteiger partial charge in [0.05, 0.1) is 26.9 Å². The maximum atomic E-state index is 14.1. The Bertz CT molecular complexity index is 1920. The summed E-state index contributed by atoms with van der Waals surface area (Å²) in [7, 11) is 0. The summed E-state index contributed by atoms with van der Waals surface area (Å²) in [5.41, 5.74) is 4.31. The summed E-state index contributed by atoms with van der Waals surface area (Å²) in [6, 6.07) is 22.5. The molecule has 3 aromatic carbocycles. The normalized spacial score (nSPS) is 24.4. The fourth-order valence-electron chi connectivity index (χ4n) is 7.08. The molecule has 4 aliphatic rings. The summed E-state index contributed by atoms with van der Waals surface area (Å²) in [5, 5.41) is 3.75. The molecular formula is C33H23NO2S2. The molecule has 3 heterocycles. The third-order valence-electron chi connectivity index (χ3n) is 8.63. The maximum absolute atomic E-state index is 14.1. The zero-order valence-electron chi connectivity index (χ0n) is 20.7. The van der Waals surface area contributed by atoms with Crippen molar-refractivity contribution in [2.24, 2.45) is 11.8 Å². The van der Waals surface area contributed by atoms with E-state index in [2.05, 4.69) is 56.0 Å². The van der Waals surface area contributed by atoms with Crippen LogP contribution in [0.1, 0.15) is 29.2 Å². The van der Waals surface area contributed by atoms with E-state index in [1.807, 2.05) is 59.1 Å². The van der Waals surface area contributed by atoms with Crippen LogP contribution in [0.5, 0.6) is 0 Å². The summed E-state index contributed by atoms with van der Waals surface area (Å²) < 4.78 is 3.84. The van der Waals surface area contributed by atoms with Crippen LogP contribution in [0.4, 0.5) is 5.69 Å². The minimum Gasteiger partial charge on any atom is -0.274 e. The molecule has 1 saturated heterocycles. The first kappa shape index (κ1) is 22.2. The van der Waals surface area contributed by atoms with Gasteiger partial charge in [-0.3, -0.25) is 9.59 Å². The van der Waals surface area contributed by atoms with E-state index < -0.39 is 5.92 Å². The number of imide groups is 1. The van der Waals surface area contributed by atoms with Crippen molar-refractivity contribution in [1.82, 2.24) is 0 Å². The Balaban J connectivity index is 1.39. The molecule has 1 aliphatic heterocycles. The second-order valence-electron chi connectivity index (χ2n) is 10.4. The summed E-state index contributed by atoms with van der Waals surface area (Å²) in [4.78, 5) is 30.8. The molecule has 2 unspecified atom stereocenters. The molecule has 3 aliphatic carbocycles. The van der Waals surface area contributed by atoms with E-state index in [4.69, 9.17) is 0 Å². The number of benzene rings is 3. The van der Waals surface area contributed by atoms with Crippen LogP contribution in [-0.4, -0.2) is 11.8 Å². The molecule has 1 fully saturated rings. The van der Waals surface area contributed by atoms with Crippen molar-refractivity contribution >= 4 is 70.4 Å². The number of rotatable bonds is 3. The number of thiophene rings is 2. The first-order valence-electron chi connectivity index (χ1n) is 12.9. The van der Waals surface area contributed by atoms with Gasteiger partial charge in [-0.15, -0.1) is 22.7 Å². The molecule has 5 heteroatoms. The first-order valence-corrected chi connectivity index (χ1v) is 14.5. The number of nitrogens with zero attached hydrogens (tertiary/aromatic N) is 1. The average molecular weight is 530 g/mol. The minimum atomic E-state index is -0.393. The fourth-order valence-corrected chi connectivity index (χ4v) is 10.2. The van der Waals surface area contributed by atoms with Crippen LogP contribution >= 0.6 is 22.7 Å². The Hall–Kier alpha value is -3.80. The zero-order valence-corrected chi connectivity index (χ0v) is 22.3. The van der Waals surface area contributed by atoms with Crippen LogP contribution in [0.2, 0.25) is 0 Å². The smallest absolute Gasteiger partial charge is 0.238 e. The largest absolute Gasteiger partial charge is 0.274 e. The summed E-state index contributed by atoms with van der Waals surface area (Å²) in [6.45, 7) is 6.04. The second kappa shape index (κ2) is 7.85. The molecule has 4 atom stereocenters. The second-order valence-corrected chi connectivity index (χ2v) is 12.5. The number of carbonyl (C=O) groups is 2. The van der Waals surface area contributed by atoms with E-state index in [-0.39, 0.29) is 29.6 Å². The van der Waals surface area contributed by atoms with Gasteiger partial charge < -0.3 is 0 Å². The molecular weight excluding hydrogens is 507 g/mol. The van der Waals surface area contributed by atoms with Crippen LogP contribution < -0.4 is 4.90 Å². The molecule has 0 spiro atoms. The average Bonchev–Trinajstić information content (AvgIpc) is 3.56. The topological polar surface area (TPSA) is 37.4 Å². The van der Waals surface area contributed by atoms with Crippen molar-refractivity contribution in [1.29, 1.82) is 0 Å². The number of carbonyl (C=O) groups excluding carboxylic acids is 2. The lowest BCUT2D eigenvalue weighted by Gasteiger charge is -2.44. The lowest BCUT2D eigenvalue weighted by Crippen LogP contribution is -2.40. The van der Waals surface area contributed by atoms with Crippen molar-refractivity contribution < 1.29 is 9.59 Å². The minimum absolute atomic E-state index is 0.0643. The van der Waals surface area contributed by atoms with Gasteiger partial charge in [0.15, 0.2) is 0 Å². The number of hydrogen-bond acceptors (Lipinski definition) is 4. The zero-order chi connectivity index (χ0) is 25.7. The van der Waals surface area contributed by atoms with E-state index in [0.29, 0.717) is 5.69 Å². The van der Waals surface area contributed by atoms with Crippen molar-refractivity contribution in [3.63, 3.8) is 0 Å². The van der Waals surface area contributed by atoms with E-state index in [9.17, 15) is 9.59 Å². The summed E-state index contributed by atoms with van der Waals surface area (Å²) in [6.07, 6.45) is 5.87. The van der Waals surface area contributed by atoms with Gasteiger partial charge in [0.25, 0.3) is 0 Å². The third kappa shape index (κ3) is 2.73. The van der Waals surface area contributed by atoms with Crippen molar-refractivity contribution in [2.45, 2.75) is 18.8 Å². The van der Waals surface area contributed by atoms with Gasteiger partial charge in [0.1, 0.15) is 0 Å². The maximum Gasteiger partial charge on any atom is 0.238 e. The lowest BCUT2D eigenvalue weighted by molar-refractivity contribution is -0.122. The van der Waals surface area contributed by atoms with Gasteiger partial charge in [-0.25, -0.2) is 4.90 Å². The highest BCUT2D eigenvalue weighted by Crippen LogP contribution is 2.66. The molecule has 5 aromatic rings. The number of fused-ring (bicyclic) bond motifs is 4. The predicted octanol–water partition coefficient (Wildman–Crippen LogP) is 8.33. The summed E-state index contributed by atoms with van der Waals surface area (Å²) in [5.74, 6) is -1.12. The Kier molecular flexibility index (Phi) is 4.59. The Morgan fingerprint density at radius 2 is 1.53 bits per heavy atom. The molecule has 3 nitrogen and oxygen atoms in total. The van der Waals surface area contributed by atoms with E-state index in [1.165, 1.54) is 56.7 Å². The standard InChI is InChI=1S/C33H23NO2S2/c1-3-4-14-21-17(2)24-26-27(33(36)34(32(26)35)20-12-6-5-7-13-20)25(21)28-30(24)38-29-22-15-18-10-8-9-11-19(18)16-23(22)37-31(28)29/h3-16,24-27H,1H2,2H3/b14-4-/t24-,25+,26?,27?/m1/s1. The number of anilines is 1. The first-order chi connectivity index (χ1) is 18.6. The SMILES string of the molecule is C=C/C=C\C1=C(C)[C@H]2c3sc4c(sc5cc6ccccc6cc54)c3[C@@H]1C1C(=O)N(c3ccccc3)C(=O)C12. The molecule has 38 heavy (non-hydrogen) atoms. The summed E-state index contributed by atoms with van der Waals surface area (Å²) >= 11 is 3.67. The molecule has 0 saturated carbocycles. The van der Waals surface area contributed by atoms with Gasteiger partial charge in [0, 0.05) is 26.8 Å². The molecule has 9 rings (SSSR count). The van der Waals surface area contributed by atoms with Gasteiger partial charge in [0.2, 0.25) is 11.8 Å². The Morgan fingerprint density at radius 1 is 0.842 bits per heavy atom. The number of amides is 2. The number of para-hydroxylation sites is 1. The lowest BCUT2D eigenvalue weighted by atomic mass is 9.57. The highest BCUT2D eigenvalue weighted by molar-refractivity contribution is 7.33. The van der Waals surface area contributed by atoms with Crippen LogP contribution in [-0.2, 0) is 9.59 Å². The van der Waals surface area contributed by atoms with Crippen molar-refractivity contribution in [3.8, 4) is 0 Å².